The Morgan fingerprint density at radius 3 is 2.17 bits per heavy atom. The van der Waals surface area contributed by atoms with Crippen LogP contribution >= 0.6 is 22.9 Å². The normalized spacial score (nSPS) is 47.5. The van der Waals surface area contributed by atoms with Crippen molar-refractivity contribution in [1.82, 2.24) is 0 Å². The SMILES string of the molecule is CC[C@H]1OC(=O)[C@H](C)C[C@H](C)[C@@H](C)[C@](C)(O)C[C@@H](C)C(=NI)[C@H](C)[C@@H](O)[C@]1(C)O. The average Bonchev–Trinajstić information content (AvgIpc) is 2.63. The van der Waals surface area contributed by atoms with Gasteiger partial charge < -0.3 is 20.1 Å². The number of nitrogens with zero attached hydrogens (tertiary/aromatic N) is 1. The maximum absolute atomic E-state index is 12.7. The summed E-state index contributed by atoms with van der Waals surface area (Å²) in [5, 5.41) is 33.4. The van der Waals surface area contributed by atoms with Gasteiger partial charge in [0.25, 0.3) is 0 Å². The minimum atomic E-state index is -1.62. The third-order valence-electron chi connectivity index (χ3n) is 7.10. The van der Waals surface area contributed by atoms with Gasteiger partial charge in [0.15, 0.2) is 0 Å². The summed E-state index contributed by atoms with van der Waals surface area (Å²) in [6.07, 6.45) is -0.539. The molecule has 170 valence electrons. The second kappa shape index (κ2) is 10.4. The van der Waals surface area contributed by atoms with Crippen LogP contribution in [0.2, 0.25) is 0 Å². The Bertz CT molecular complexity index is 592. The number of cyclic esters (lactones) is 1. The molecule has 1 rings (SSSR count). The van der Waals surface area contributed by atoms with E-state index in [0.717, 1.165) is 5.71 Å². The Hall–Kier alpha value is -0.250. The summed E-state index contributed by atoms with van der Waals surface area (Å²) in [5.74, 6) is -1.23. The summed E-state index contributed by atoms with van der Waals surface area (Å²) < 4.78 is 10.0. The summed E-state index contributed by atoms with van der Waals surface area (Å²) in [5.41, 5.74) is -1.86. The first-order valence-corrected chi connectivity index (χ1v) is 11.7. The van der Waals surface area contributed by atoms with Crippen molar-refractivity contribution >= 4 is 34.5 Å². The number of esters is 1. The second-order valence-corrected chi connectivity index (χ2v) is 10.1. The van der Waals surface area contributed by atoms with Crippen molar-refractivity contribution < 1.29 is 24.9 Å². The Balaban J connectivity index is 3.42. The summed E-state index contributed by atoms with van der Waals surface area (Å²) in [7, 11) is 0. The van der Waals surface area contributed by atoms with E-state index >= 15 is 0 Å². The van der Waals surface area contributed by atoms with E-state index in [1.165, 1.54) is 6.92 Å². The van der Waals surface area contributed by atoms with Gasteiger partial charge in [-0.15, -0.1) is 0 Å². The fraction of sp³-hybridized carbons (Fsp3) is 0.909. The molecule has 0 aliphatic carbocycles. The van der Waals surface area contributed by atoms with Gasteiger partial charge >= 0.3 is 5.97 Å². The Kier molecular flexibility index (Phi) is 9.58. The highest BCUT2D eigenvalue weighted by molar-refractivity contribution is 14.1. The van der Waals surface area contributed by atoms with Crippen molar-refractivity contribution in [1.29, 1.82) is 0 Å². The molecular formula is C22H40INO5. The van der Waals surface area contributed by atoms with Crippen LogP contribution in [0.4, 0.5) is 0 Å². The molecule has 7 heteroatoms. The van der Waals surface area contributed by atoms with Crippen LogP contribution in [-0.2, 0) is 9.53 Å². The van der Waals surface area contributed by atoms with Crippen LogP contribution in [0.5, 0.6) is 0 Å². The van der Waals surface area contributed by atoms with Crippen LogP contribution in [-0.4, -0.2) is 50.4 Å². The van der Waals surface area contributed by atoms with E-state index in [1.54, 1.807) is 0 Å². The molecule has 0 unspecified atom stereocenters. The van der Waals surface area contributed by atoms with Crippen molar-refractivity contribution in [3.63, 3.8) is 0 Å². The molecule has 0 aromatic carbocycles. The van der Waals surface area contributed by atoms with Crippen molar-refractivity contribution in [2.24, 2.45) is 32.8 Å². The standard InChI is InChI=1S/C22H40INO5/c1-9-17-22(8,28)19(25)15(5)18(24-23)14(4)11-21(7,27)16(6)12(2)10-13(3)20(26)29-17/h12-17,19,25,27-28H,9-11H2,1-8H3/t12-,13+,14+,15-,16+,17+,19+,21+,22+/m0/s1. The molecule has 0 spiro atoms. The van der Waals surface area contributed by atoms with Gasteiger partial charge in [0, 0.05) is 11.6 Å². The van der Waals surface area contributed by atoms with Crippen molar-refractivity contribution in [3.8, 4) is 0 Å². The molecule has 1 fully saturated rings. The third kappa shape index (κ3) is 6.14. The first-order chi connectivity index (χ1) is 13.2. The van der Waals surface area contributed by atoms with E-state index in [9.17, 15) is 20.1 Å². The van der Waals surface area contributed by atoms with Crippen LogP contribution in [0.1, 0.15) is 74.7 Å². The molecule has 1 heterocycles. The molecule has 0 aromatic rings. The van der Waals surface area contributed by atoms with Gasteiger partial charge in [-0.25, -0.2) is 3.21 Å². The van der Waals surface area contributed by atoms with E-state index in [-0.39, 0.29) is 29.6 Å². The topological polar surface area (TPSA) is 99.4 Å². The predicted molar refractivity (Wildman–Crippen MR) is 124 cm³/mol. The number of aliphatic hydroxyl groups excluding tert-OH is 1. The fourth-order valence-corrected chi connectivity index (χ4v) is 5.64. The molecule has 1 aliphatic heterocycles. The number of carbonyl (C=O) groups excluding carboxylic acids is 1. The van der Waals surface area contributed by atoms with Gasteiger partial charge in [0.1, 0.15) is 11.7 Å². The van der Waals surface area contributed by atoms with Gasteiger partial charge in [-0.2, -0.15) is 0 Å². The highest BCUT2D eigenvalue weighted by Crippen LogP contribution is 2.37. The highest BCUT2D eigenvalue weighted by Gasteiger charge is 2.46. The lowest BCUT2D eigenvalue weighted by molar-refractivity contribution is -0.186. The van der Waals surface area contributed by atoms with E-state index in [1.807, 2.05) is 71.3 Å². The minimum Gasteiger partial charge on any atom is -0.459 e. The van der Waals surface area contributed by atoms with Crippen LogP contribution in [0.15, 0.2) is 3.21 Å². The molecular weight excluding hydrogens is 485 g/mol. The number of rotatable bonds is 1. The van der Waals surface area contributed by atoms with Crippen LogP contribution in [0, 0.1) is 29.6 Å². The maximum Gasteiger partial charge on any atom is 0.309 e. The van der Waals surface area contributed by atoms with Gasteiger partial charge in [-0.05, 0) is 50.9 Å². The second-order valence-electron chi connectivity index (χ2n) is 9.67. The number of aliphatic hydroxyl groups is 3. The quantitative estimate of drug-likeness (QED) is 0.356. The summed E-state index contributed by atoms with van der Waals surface area (Å²) in [6.45, 7) is 14.9. The van der Waals surface area contributed by atoms with Gasteiger partial charge in [0.2, 0.25) is 0 Å². The predicted octanol–water partition coefficient (Wildman–Crippen LogP) is 3.94. The van der Waals surface area contributed by atoms with Crippen molar-refractivity contribution in [2.45, 2.75) is 98.1 Å². The summed E-state index contributed by atoms with van der Waals surface area (Å²) >= 11 is 1.91. The van der Waals surface area contributed by atoms with Crippen LogP contribution < -0.4 is 0 Å². The van der Waals surface area contributed by atoms with Gasteiger partial charge in [-0.1, -0.05) is 41.5 Å². The maximum atomic E-state index is 12.7. The van der Waals surface area contributed by atoms with Crippen molar-refractivity contribution in [3.05, 3.63) is 0 Å². The monoisotopic (exact) mass is 525 g/mol. The highest BCUT2D eigenvalue weighted by atomic mass is 127. The van der Waals surface area contributed by atoms with E-state index in [2.05, 4.69) is 3.21 Å². The number of ether oxygens (including phenoxy) is 1. The molecule has 9 atom stereocenters. The molecule has 1 aliphatic rings. The lowest BCUT2D eigenvalue weighted by Crippen LogP contribution is -2.56. The van der Waals surface area contributed by atoms with Gasteiger partial charge in [-0.3, -0.25) is 4.79 Å². The van der Waals surface area contributed by atoms with E-state index in [0.29, 0.717) is 19.3 Å². The van der Waals surface area contributed by atoms with Gasteiger partial charge in [0.05, 0.1) is 40.5 Å². The zero-order valence-electron chi connectivity index (χ0n) is 19.1. The molecule has 1 saturated heterocycles. The average molecular weight is 525 g/mol. The molecule has 0 aromatic heterocycles. The zero-order chi connectivity index (χ0) is 22.7. The minimum absolute atomic E-state index is 0.0380. The number of carbonyl (C=O) groups is 1. The van der Waals surface area contributed by atoms with Crippen molar-refractivity contribution in [2.75, 3.05) is 0 Å². The number of hydrogen-bond donors (Lipinski definition) is 3. The molecule has 29 heavy (non-hydrogen) atoms. The lowest BCUT2D eigenvalue weighted by Gasteiger charge is -2.42. The molecule has 0 radical (unpaired) electrons. The lowest BCUT2D eigenvalue weighted by atomic mass is 9.71. The zero-order valence-corrected chi connectivity index (χ0v) is 21.3. The van der Waals surface area contributed by atoms with E-state index in [4.69, 9.17) is 4.74 Å². The third-order valence-corrected chi connectivity index (χ3v) is 7.66. The first-order valence-electron chi connectivity index (χ1n) is 10.7. The Labute approximate surface area is 190 Å². The summed E-state index contributed by atoms with van der Waals surface area (Å²) in [6, 6.07) is 0. The smallest absolute Gasteiger partial charge is 0.309 e. The first kappa shape index (κ1) is 26.8. The number of halogens is 1. The largest absolute Gasteiger partial charge is 0.459 e. The Morgan fingerprint density at radius 2 is 1.69 bits per heavy atom. The Morgan fingerprint density at radius 1 is 1.14 bits per heavy atom. The molecule has 6 nitrogen and oxygen atoms in total. The summed E-state index contributed by atoms with van der Waals surface area (Å²) in [4.78, 5) is 12.7. The van der Waals surface area contributed by atoms with Crippen LogP contribution in [0.3, 0.4) is 0 Å². The van der Waals surface area contributed by atoms with E-state index < -0.39 is 29.3 Å². The molecule has 3 N–H and O–H groups in total. The molecule has 0 bridgehead atoms. The molecule has 0 amide bonds. The molecule has 0 saturated carbocycles. The fourth-order valence-electron chi connectivity index (χ4n) is 4.72. The number of hydrogen-bond acceptors (Lipinski definition) is 6. The van der Waals surface area contributed by atoms with Crippen LogP contribution in [0.25, 0.3) is 0 Å².